The number of nitrogens with zero attached hydrogens (tertiary/aromatic N) is 1. The van der Waals surface area contributed by atoms with Gasteiger partial charge in [-0.15, -0.1) is 0 Å². The van der Waals surface area contributed by atoms with E-state index in [1.54, 1.807) is 0 Å². The lowest BCUT2D eigenvalue weighted by atomic mass is 9.80. The molecule has 4 heteroatoms. The maximum absolute atomic E-state index is 11.7. The summed E-state index contributed by atoms with van der Waals surface area (Å²) in [6, 6.07) is 0.656. The third kappa shape index (κ3) is 2.69. The number of likely N-dealkylation sites (tertiary alicyclic amines) is 1. The first-order valence-electron chi connectivity index (χ1n) is 5.89. The van der Waals surface area contributed by atoms with Crippen molar-refractivity contribution >= 4 is 5.91 Å². The molecule has 1 amide bonds. The molecular weight excluding hydrogens is 190 g/mol. The van der Waals surface area contributed by atoms with E-state index in [0.717, 1.165) is 38.8 Å². The molecule has 0 bridgehead atoms. The standard InChI is InChI=1S/C11H21N3O/c1-14-4-2-10(3-5-14)13-11(15)8-6-9(12)7-8/h8-10H,2-7,12H2,1H3,(H,13,15)/t8-,9-. The molecule has 1 saturated heterocycles. The Morgan fingerprint density at radius 2 is 1.93 bits per heavy atom. The second kappa shape index (κ2) is 4.49. The highest BCUT2D eigenvalue weighted by Gasteiger charge is 2.33. The largest absolute Gasteiger partial charge is 0.353 e. The SMILES string of the molecule is CN1CCC(NC(=O)[C@H]2C[C@H](N)C2)CC1. The smallest absolute Gasteiger partial charge is 0.223 e. The molecular formula is C11H21N3O. The first kappa shape index (κ1) is 10.9. The van der Waals surface area contributed by atoms with Gasteiger partial charge in [0.05, 0.1) is 0 Å². The van der Waals surface area contributed by atoms with E-state index in [0.29, 0.717) is 6.04 Å². The number of carbonyl (C=O) groups is 1. The van der Waals surface area contributed by atoms with Crippen molar-refractivity contribution in [2.75, 3.05) is 20.1 Å². The average Bonchev–Trinajstić information content (AvgIpc) is 2.17. The molecule has 15 heavy (non-hydrogen) atoms. The third-order valence-corrected chi connectivity index (χ3v) is 3.61. The van der Waals surface area contributed by atoms with Crippen LogP contribution in [0, 0.1) is 5.92 Å². The van der Waals surface area contributed by atoms with E-state index in [1.165, 1.54) is 0 Å². The maximum Gasteiger partial charge on any atom is 0.223 e. The minimum atomic E-state index is 0.194. The lowest BCUT2D eigenvalue weighted by Gasteiger charge is -2.34. The Morgan fingerprint density at radius 3 is 2.47 bits per heavy atom. The van der Waals surface area contributed by atoms with Crippen molar-refractivity contribution in [3.8, 4) is 0 Å². The monoisotopic (exact) mass is 211 g/mol. The Balaban J connectivity index is 1.70. The van der Waals surface area contributed by atoms with Crippen LogP contribution in [0.1, 0.15) is 25.7 Å². The van der Waals surface area contributed by atoms with Crippen molar-refractivity contribution < 1.29 is 4.79 Å². The number of rotatable bonds is 2. The Labute approximate surface area is 91.2 Å². The van der Waals surface area contributed by atoms with Gasteiger partial charge in [-0.2, -0.15) is 0 Å². The van der Waals surface area contributed by atoms with Crippen LogP contribution in [0.2, 0.25) is 0 Å². The van der Waals surface area contributed by atoms with Gasteiger partial charge >= 0.3 is 0 Å². The van der Waals surface area contributed by atoms with Gasteiger partial charge in [0.15, 0.2) is 0 Å². The molecule has 0 radical (unpaired) electrons. The summed E-state index contributed by atoms with van der Waals surface area (Å²) in [6.07, 6.45) is 3.92. The number of nitrogens with one attached hydrogen (secondary N) is 1. The highest BCUT2D eigenvalue weighted by molar-refractivity contribution is 5.80. The van der Waals surface area contributed by atoms with E-state index in [9.17, 15) is 4.79 Å². The lowest BCUT2D eigenvalue weighted by Crippen LogP contribution is -2.50. The molecule has 1 aliphatic heterocycles. The molecule has 0 aromatic heterocycles. The Kier molecular flexibility index (Phi) is 3.26. The van der Waals surface area contributed by atoms with Gasteiger partial charge in [0.2, 0.25) is 5.91 Å². The van der Waals surface area contributed by atoms with E-state index in [-0.39, 0.29) is 17.9 Å². The van der Waals surface area contributed by atoms with Crippen LogP contribution in [0.3, 0.4) is 0 Å². The number of hydrogen-bond donors (Lipinski definition) is 2. The summed E-state index contributed by atoms with van der Waals surface area (Å²) in [4.78, 5) is 14.0. The highest BCUT2D eigenvalue weighted by atomic mass is 16.2. The molecule has 2 fully saturated rings. The fourth-order valence-electron chi connectivity index (χ4n) is 2.35. The van der Waals surface area contributed by atoms with Gasteiger partial charge in [-0.05, 0) is 45.8 Å². The molecule has 4 nitrogen and oxygen atoms in total. The number of amides is 1. The molecule has 0 aromatic carbocycles. The van der Waals surface area contributed by atoms with E-state index in [1.807, 2.05) is 0 Å². The van der Waals surface area contributed by atoms with E-state index >= 15 is 0 Å². The molecule has 86 valence electrons. The quantitative estimate of drug-likeness (QED) is 0.672. The van der Waals surface area contributed by atoms with Crippen LogP contribution in [-0.2, 0) is 4.79 Å². The van der Waals surface area contributed by atoms with Crippen molar-refractivity contribution in [1.29, 1.82) is 0 Å². The summed E-state index contributed by atoms with van der Waals surface area (Å²) in [5.41, 5.74) is 5.67. The van der Waals surface area contributed by atoms with Gasteiger partial charge in [-0.25, -0.2) is 0 Å². The van der Waals surface area contributed by atoms with Crippen molar-refractivity contribution in [1.82, 2.24) is 10.2 Å². The van der Waals surface area contributed by atoms with Gasteiger partial charge in [0.1, 0.15) is 0 Å². The molecule has 1 saturated carbocycles. The van der Waals surface area contributed by atoms with Gasteiger partial charge in [0.25, 0.3) is 0 Å². The summed E-state index contributed by atoms with van der Waals surface area (Å²) in [5, 5.41) is 3.14. The maximum atomic E-state index is 11.7. The molecule has 1 aliphatic carbocycles. The summed E-state index contributed by atoms with van der Waals surface area (Å²) in [5.74, 6) is 0.422. The van der Waals surface area contributed by atoms with Crippen LogP contribution in [-0.4, -0.2) is 43.0 Å². The first-order valence-corrected chi connectivity index (χ1v) is 5.89. The van der Waals surface area contributed by atoms with Gasteiger partial charge in [-0.3, -0.25) is 4.79 Å². The van der Waals surface area contributed by atoms with Crippen LogP contribution >= 0.6 is 0 Å². The van der Waals surface area contributed by atoms with Gasteiger partial charge < -0.3 is 16.0 Å². The number of piperidine rings is 1. The molecule has 0 spiro atoms. The molecule has 2 rings (SSSR count). The van der Waals surface area contributed by atoms with E-state index < -0.39 is 0 Å². The summed E-state index contributed by atoms with van der Waals surface area (Å²) >= 11 is 0. The Bertz CT molecular complexity index is 230. The van der Waals surface area contributed by atoms with Crippen LogP contribution in [0.4, 0.5) is 0 Å². The molecule has 0 aromatic rings. The minimum Gasteiger partial charge on any atom is -0.353 e. The number of hydrogen-bond acceptors (Lipinski definition) is 3. The average molecular weight is 211 g/mol. The second-order valence-electron chi connectivity index (χ2n) is 5.01. The Morgan fingerprint density at radius 1 is 1.33 bits per heavy atom. The molecule has 1 heterocycles. The first-order chi connectivity index (χ1) is 7.15. The zero-order valence-corrected chi connectivity index (χ0v) is 9.41. The van der Waals surface area contributed by atoms with Crippen molar-refractivity contribution in [2.45, 2.75) is 37.8 Å². The summed E-state index contributed by atoms with van der Waals surface area (Å²) in [7, 11) is 2.13. The lowest BCUT2D eigenvalue weighted by molar-refractivity contribution is -0.128. The molecule has 0 atom stereocenters. The van der Waals surface area contributed by atoms with Crippen molar-refractivity contribution in [3.63, 3.8) is 0 Å². The Hall–Kier alpha value is -0.610. The highest BCUT2D eigenvalue weighted by Crippen LogP contribution is 2.26. The van der Waals surface area contributed by atoms with Crippen LogP contribution in [0.15, 0.2) is 0 Å². The molecule has 0 unspecified atom stereocenters. The topological polar surface area (TPSA) is 58.4 Å². The van der Waals surface area contributed by atoms with Gasteiger partial charge in [-0.1, -0.05) is 0 Å². The van der Waals surface area contributed by atoms with Crippen LogP contribution < -0.4 is 11.1 Å². The second-order valence-corrected chi connectivity index (χ2v) is 5.01. The predicted molar refractivity (Wildman–Crippen MR) is 59.4 cm³/mol. The van der Waals surface area contributed by atoms with Crippen LogP contribution in [0.5, 0.6) is 0 Å². The summed E-state index contributed by atoms with van der Waals surface area (Å²) in [6.45, 7) is 2.18. The molecule has 3 N–H and O–H groups in total. The number of nitrogens with two attached hydrogens (primary N) is 1. The van der Waals surface area contributed by atoms with E-state index in [4.69, 9.17) is 5.73 Å². The normalized spacial score (nSPS) is 33.5. The van der Waals surface area contributed by atoms with Gasteiger partial charge in [0, 0.05) is 18.0 Å². The van der Waals surface area contributed by atoms with Crippen molar-refractivity contribution in [2.24, 2.45) is 11.7 Å². The minimum absolute atomic E-state index is 0.194. The zero-order chi connectivity index (χ0) is 10.8. The predicted octanol–water partition coefficient (Wildman–Crippen LogP) is -0.0659. The summed E-state index contributed by atoms with van der Waals surface area (Å²) < 4.78 is 0. The van der Waals surface area contributed by atoms with Crippen LogP contribution in [0.25, 0.3) is 0 Å². The van der Waals surface area contributed by atoms with Crippen molar-refractivity contribution in [3.05, 3.63) is 0 Å². The molecule has 2 aliphatic rings. The third-order valence-electron chi connectivity index (χ3n) is 3.61. The van der Waals surface area contributed by atoms with E-state index in [2.05, 4.69) is 17.3 Å². The number of carbonyl (C=O) groups excluding carboxylic acids is 1. The zero-order valence-electron chi connectivity index (χ0n) is 9.41. The fraction of sp³-hybridized carbons (Fsp3) is 0.909. The fourth-order valence-corrected chi connectivity index (χ4v) is 2.35.